The first kappa shape index (κ1) is 19.7. The summed E-state index contributed by atoms with van der Waals surface area (Å²) < 4.78 is 34.7. The molecule has 1 fully saturated rings. The van der Waals surface area contributed by atoms with Crippen molar-refractivity contribution >= 4 is 21.4 Å². The van der Waals surface area contributed by atoms with Crippen molar-refractivity contribution < 1.29 is 22.7 Å². The fourth-order valence-corrected chi connectivity index (χ4v) is 4.52. The van der Waals surface area contributed by atoms with E-state index in [0.29, 0.717) is 18.9 Å². The van der Waals surface area contributed by atoms with Crippen LogP contribution in [0.4, 0.5) is 5.69 Å². The van der Waals surface area contributed by atoms with Crippen molar-refractivity contribution in [3.8, 4) is 11.5 Å². The van der Waals surface area contributed by atoms with E-state index in [1.54, 1.807) is 12.1 Å². The molecule has 2 aliphatic rings. The number of sulfone groups is 1. The largest absolute Gasteiger partial charge is 0.486 e. The van der Waals surface area contributed by atoms with Gasteiger partial charge < -0.3 is 14.8 Å². The van der Waals surface area contributed by atoms with Crippen LogP contribution in [0.25, 0.3) is 0 Å². The van der Waals surface area contributed by atoms with Crippen LogP contribution in [0.15, 0.2) is 47.4 Å². The fourth-order valence-electron chi connectivity index (χ4n) is 3.85. The van der Waals surface area contributed by atoms with Gasteiger partial charge in [0.25, 0.3) is 0 Å². The van der Waals surface area contributed by atoms with Gasteiger partial charge in [-0.3, -0.25) is 9.69 Å². The maximum Gasteiger partial charge on any atom is 0.238 e. The minimum atomic E-state index is -3.32. The van der Waals surface area contributed by atoms with Crippen molar-refractivity contribution in [2.24, 2.45) is 0 Å². The summed E-state index contributed by atoms with van der Waals surface area (Å²) in [5.74, 6) is 1.34. The van der Waals surface area contributed by atoms with Gasteiger partial charge >= 0.3 is 0 Å². The molecule has 2 aromatic rings. The van der Waals surface area contributed by atoms with Gasteiger partial charge in [-0.1, -0.05) is 12.1 Å². The molecule has 0 radical (unpaired) electrons. The maximum atomic E-state index is 12.6. The van der Waals surface area contributed by atoms with E-state index in [1.165, 1.54) is 12.1 Å². The molecule has 8 heteroatoms. The predicted octanol–water partition coefficient (Wildman–Crippen LogP) is 2.64. The van der Waals surface area contributed by atoms with E-state index in [4.69, 9.17) is 9.47 Å². The standard InChI is InChI=1S/C21H24N2O5S/c1-29(25,26)17-5-2-4-16(13-17)22-21(24)14-23-9-3-6-18(23)15-7-8-19-20(12-15)28-11-10-27-19/h2,4-5,7-8,12-13,18H,3,6,9-11,14H2,1H3,(H,22,24)/t18-/m0/s1. The van der Waals surface area contributed by atoms with Gasteiger partial charge in [0.15, 0.2) is 21.3 Å². The van der Waals surface area contributed by atoms with Crippen LogP contribution in [0.2, 0.25) is 0 Å². The zero-order chi connectivity index (χ0) is 20.4. The predicted molar refractivity (Wildman–Crippen MR) is 109 cm³/mol. The molecule has 4 rings (SSSR count). The molecule has 1 atom stereocenters. The highest BCUT2D eigenvalue weighted by Gasteiger charge is 2.28. The monoisotopic (exact) mass is 416 g/mol. The number of hydrogen-bond donors (Lipinski definition) is 1. The molecule has 0 spiro atoms. The summed E-state index contributed by atoms with van der Waals surface area (Å²) >= 11 is 0. The van der Waals surface area contributed by atoms with Crippen LogP contribution in [0.3, 0.4) is 0 Å². The minimum absolute atomic E-state index is 0.138. The zero-order valence-electron chi connectivity index (χ0n) is 16.3. The first-order valence-corrected chi connectivity index (χ1v) is 11.5. The number of nitrogens with zero attached hydrogens (tertiary/aromatic N) is 1. The average molecular weight is 416 g/mol. The van der Waals surface area contributed by atoms with Crippen LogP contribution < -0.4 is 14.8 Å². The lowest BCUT2D eigenvalue weighted by Gasteiger charge is -2.26. The summed E-state index contributed by atoms with van der Waals surface area (Å²) in [5.41, 5.74) is 1.59. The number of likely N-dealkylation sites (tertiary alicyclic amines) is 1. The second-order valence-corrected chi connectivity index (χ2v) is 9.40. The lowest BCUT2D eigenvalue weighted by atomic mass is 10.0. The minimum Gasteiger partial charge on any atom is -0.486 e. The molecule has 1 saturated heterocycles. The molecule has 1 amide bonds. The zero-order valence-corrected chi connectivity index (χ0v) is 17.1. The van der Waals surface area contributed by atoms with Crippen molar-refractivity contribution in [3.63, 3.8) is 0 Å². The molecule has 2 heterocycles. The number of amides is 1. The van der Waals surface area contributed by atoms with E-state index in [0.717, 1.165) is 42.7 Å². The molecule has 29 heavy (non-hydrogen) atoms. The molecule has 154 valence electrons. The second-order valence-electron chi connectivity index (χ2n) is 7.38. The molecule has 2 aliphatic heterocycles. The number of carbonyl (C=O) groups is 1. The molecule has 7 nitrogen and oxygen atoms in total. The Balaban J connectivity index is 1.44. The number of nitrogens with one attached hydrogen (secondary N) is 1. The van der Waals surface area contributed by atoms with Crippen molar-refractivity contribution in [1.29, 1.82) is 0 Å². The van der Waals surface area contributed by atoms with Crippen LogP contribution in [0.1, 0.15) is 24.4 Å². The van der Waals surface area contributed by atoms with Gasteiger partial charge in [0.1, 0.15) is 13.2 Å². The number of rotatable bonds is 5. The molecular weight excluding hydrogens is 392 g/mol. The van der Waals surface area contributed by atoms with Crippen molar-refractivity contribution in [2.75, 3.05) is 37.9 Å². The third-order valence-corrected chi connectivity index (χ3v) is 6.32. The first-order valence-electron chi connectivity index (χ1n) is 9.64. The van der Waals surface area contributed by atoms with E-state index < -0.39 is 9.84 Å². The van der Waals surface area contributed by atoms with Gasteiger partial charge in [0.05, 0.1) is 11.4 Å². The van der Waals surface area contributed by atoms with Crippen LogP contribution in [0, 0.1) is 0 Å². The fraction of sp³-hybridized carbons (Fsp3) is 0.381. The number of anilines is 1. The SMILES string of the molecule is CS(=O)(=O)c1cccc(NC(=O)CN2CCC[C@H]2c2ccc3c(c2)OCCO3)c1. The highest BCUT2D eigenvalue weighted by Crippen LogP contribution is 2.37. The van der Waals surface area contributed by atoms with Gasteiger partial charge in [-0.25, -0.2) is 8.42 Å². The molecule has 1 N–H and O–H groups in total. The number of carbonyl (C=O) groups excluding carboxylic acids is 1. The Kier molecular flexibility index (Phi) is 5.47. The van der Waals surface area contributed by atoms with Crippen LogP contribution in [-0.2, 0) is 14.6 Å². The second kappa shape index (κ2) is 8.04. The Morgan fingerprint density at radius 1 is 1.14 bits per heavy atom. The third-order valence-electron chi connectivity index (χ3n) is 5.21. The number of benzene rings is 2. The summed E-state index contributed by atoms with van der Waals surface area (Å²) in [7, 11) is -3.32. The summed E-state index contributed by atoms with van der Waals surface area (Å²) in [6, 6.07) is 12.4. The van der Waals surface area contributed by atoms with Gasteiger partial charge in [0.2, 0.25) is 5.91 Å². The van der Waals surface area contributed by atoms with E-state index in [2.05, 4.69) is 10.2 Å². The van der Waals surface area contributed by atoms with E-state index in [-0.39, 0.29) is 23.4 Å². The van der Waals surface area contributed by atoms with E-state index in [1.807, 2.05) is 18.2 Å². The molecule has 0 bridgehead atoms. The first-order chi connectivity index (χ1) is 13.9. The smallest absolute Gasteiger partial charge is 0.238 e. The van der Waals surface area contributed by atoms with E-state index >= 15 is 0 Å². The average Bonchev–Trinajstić information content (AvgIpc) is 3.15. The van der Waals surface area contributed by atoms with Gasteiger partial charge in [-0.05, 0) is 55.3 Å². The summed E-state index contributed by atoms with van der Waals surface area (Å²) in [6.07, 6.45) is 3.13. The Morgan fingerprint density at radius 3 is 2.72 bits per heavy atom. The highest BCUT2D eigenvalue weighted by molar-refractivity contribution is 7.90. The number of fused-ring (bicyclic) bond motifs is 1. The number of ether oxygens (including phenoxy) is 2. The van der Waals surface area contributed by atoms with Crippen molar-refractivity contribution in [1.82, 2.24) is 4.90 Å². The van der Waals surface area contributed by atoms with Crippen LogP contribution in [0.5, 0.6) is 11.5 Å². The number of hydrogen-bond acceptors (Lipinski definition) is 6. The van der Waals surface area contributed by atoms with Gasteiger partial charge in [-0.15, -0.1) is 0 Å². The lowest BCUT2D eigenvalue weighted by Crippen LogP contribution is -2.33. The topological polar surface area (TPSA) is 84.9 Å². The molecular formula is C21H24N2O5S. The highest BCUT2D eigenvalue weighted by atomic mass is 32.2. The Labute approximate surface area is 170 Å². The van der Waals surface area contributed by atoms with Crippen LogP contribution in [-0.4, -0.2) is 51.8 Å². The summed E-state index contributed by atoms with van der Waals surface area (Å²) in [6.45, 7) is 2.17. The van der Waals surface area contributed by atoms with Crippen molar-refractivity contribution in [2.45, 2.75) is 23.8 Å². The lowest BCUT2D eigenvalue weighted by molar-refractivity contribution is -0.117. The molecule has 0 aromatic heterocycles. The van der Waals surface area contributed by atoms with Crippen LogP contribution >= 0.6 is 0 Å². The molecule has 2 aromatic carbocycles. The molecule has 0 aliphatic carbocycles. The quantitative estimate of drug-likeness (QED) is 0.807. The van der Waals surface area contributed by atoms with Gasteiger partial charge in [0, 0.05) is 18.0 Å². The Morgan fingerprint density at radius 2 is 1.93 bits per heavy atom. The van der Waals surface area contributed by atoms with Crippen molar-refractivity contribution in [3.05, 3.63) is 48.0 Å². The maximum absolute atomic E-state index is 12.6. The molecule has 0 saturated carbocycles. The van der Waals surface area contributed by atoms with Gasteiger partial charge in [-0.2, -0.15) is 0 Å². The normalized spacial score (nSPS) is 19.1. The van der Waals surface area contributed by atoms with E-state index in [9.17, 15) is 13.2 Å². The Hall–Kier alpha value is -2.58. The molecule has 0 unspecified atom stereocenters. The Bertz CT molecular complexity index is 1020. The third kappa shape index (κ3) is 4.54. The summed E-state index contributed by atoms with van der Waals surface area (Å²) in [4.78, 5) is 14.9. The summed E-state index contributed by atoms with van der Waals surface area (Å²) in [5, 5.41) is 2.81.